The Morgan fingerprint density at radius 2 is 2.27 bits per heavy atom. The minimum atomic E-state index is 0.214. The van der Waals surface area contributed by atoms with Crippen LogP contribution < -0.4 is 0 Å². The van der Waals surface area contributed by atoms with E-state index in [4.69, 9.17) is 4.74 Å². The standard InChI is InChI=1S/C11H22N2O2/c1-9(2)12(3)8-11(14)13-6-5-10(7-13)15-4/h9-10H,5-8H2,1-4H3. The lowest BCUT2D eigenvalue weighted by Gasteiger charge is -2.24. The molecule has 1 aliphatic heterocycles. The summed E-state index contributed by atoms with van der Waals surface area (Å²) in [5, 5.41) is 0. The summed E-state index contributed by atoms with van der Waals surface area (Å²) in [7, 11) is 3.69. The van der Waals surface area contributed by atoms with E-state index in [0.717, 1.165) is 19.5 Å². The van der Waals surface area contributed by atoms with Gasteiger partial charge in [-0.25, -0.2) is 0 Å². The lowest BCUT2D eigenvalue weighted by molar-refractivity contribution is -0.131. The van der Waals surface area contributed by atoms with Crippen molar-refractivity contribution in [2.45, 2.75) is 32.4 Å². The highest BCUT2D eigenvalue weighted by molar-refractivity contribution is 5.78. The molecule has 0 aromatic heterocycles. The topological polar surface area (TPSA) is 32.8 Å². The highest BCUT2D eigenvalue weighted by Gasteiger charge is 2.26. The number of methoxy groups -OCH3 is 1. The van der Waals surface area contributed by atoms with Crippen LogP contribution in [-0.4, -0.2) is 61.6 Å². The van der Waals surface area contributed by atoms with Crippen molar-refractivity contribution in [3.63, 3.8) is 0 Å². The molecule has 1 atom stereocenters. The van der Waals surface area contributed by atoms with E-state index in [1.54, 1.807) is 7.11 Å². The van der Waals surface area contributed by atoms with Crippen LogP contribution in [-0.2, 0) is 9.53 Å². The molecule has 1 unspecified atom stereocenters. The van der Waals surface area contributed by atoms with Crippen LogP contribution >= 0.6 is 0 Å². The number of likely N-dealkylation sites (tertiary alicyclic amines) is 1. The zero-order valence-electron chi connectivity index (χ0n) is 10.2. The first kappa shape index (κ1) is 12.5. The van der Waals surface area contributed by atoms with Crippen LogP contribution in [0.3, 0.4) is 0 Å². The normalized spacial score (nSPS) is 21.7. The largest absolute Gasteiger partial charge is 0.380 e. The molecule has 1 saturated heterocycles. The molecule has 4 nitrogen and oxygen atoms in total. The van der Waals surface area contributed by atoms with Gasteiger partial charge in [-0.05, 0) is 27.3 Å². The van der Waals surface area contributed by atoms with Gasteiger partial charge in [0.2, 0.25) is 5.91 Å². The number of hydrogen-bond donors (Lipinski definition) is 0. The van der Waals surface area contributed by atoms with Crippen LogP contribution in [0.15, 0.2) is 0 Å². The van der Waals surface area contributed by atoms with Crippen LogP contribution in [0.4, 0.5) is 0 Å². The first-order valence-corrected chi connectivity index (χ1v) is 5.55. The molecule has 1 heterocycles. The van der Waals surface area contributed by atoms with Gasteiger partial charge in [0.1, 0.15) is 0 Å². The summed E-state index contributed by atoms with van der Waals surface area (Å²) in [5.74, 6) is 0.214. The van der Waals surface area contributed by atoms with Crippen molar-refractivity contribution in [2.75, 3.05) is 33.8 Å². The number of ether oxygens (including phenoxy) is 1. The average molecular weight is 214 g/mol. The van der Waals surface area contributed by atoms with Gasteiger partial charge in [0.25, 0.3) is 0 Å². The minimum absolute atomic E-state index is 0.214. The number of rotatable bonds is 4. The lowest BCUT2D eigenvalue weighted by Crippen LogP contribution is -2.40. The maximum Gasteiger partial charge on any atom is 0.236 e. The first-order valence-electron chi connectivity index (χ1n) is 5.55. The molecule has 0 aromatic rings. The summed E-state index contributed by atoms with van der Waals surface area (Å²) < 4.78 is 5.24. The van der Waals surface area contributed by atoms with Crippen LogP contribution in [0, 0.1) is 0 Å². The van der Waals surface area contributed by atoms with Gasteiger partial charge < -0.3 is 9.64 Å². The third-order valence-electron chi connectivity index (χ3n) is 3.10. The molecule has 1 fully saturated rings. The van der Waals surface area contributed by atoms with Gasteiger partial charge in [0.15, 0.2) is 0 Å². The van der Waals surface area contributed by atoms with Crippen LogP contribution in [0.5, 0.6) is 0 Å². The number of amides is 1. The Hall–Kier alpha value is -0.610. The molecule has 0 saturated carbocycles. The molecule has 15 heavy (non-hydrogen) atoms. The van der Waals surface area contributed by atoms with E-state index in [2.05, 4.69) is 18.7 Å². The molecule has 1 amide bonds. The van der Waals surface area contributed by atoms with Gasteiger partial charge in [-0.1, -0.05) is 0 Å². The Balaban J connectivity index is 2.35. The molecule has 0 N–H and O–H groups in total. The number of carbonyl (C=O) groups is 1. The van der Waals surface area contributed by atoms with Crippen LogP contribution in [0.1, 0.15) is 20.3 Å². The molecule has 0 spiro atoms. The van der Waals surface area contributed by atoms with Gasteiger partial charge in [0.05, 0.1) is 12.6 Å². The maximum atomic E-state index is 11.9. The number of likely N-dealkylation sites (N-methyl/N-ethyl adjacent to an activating group) is 1. The molecule has 0 radical (unpaired) electrons. The van der Waals surface area contributed by atoms with Gasteiger partial charge in [-0.15, -0.1) is 0 Å². The molecular formula is C11H22N2O2. The summed E-state index contributed by atoms with van der Waals surface area (Å²) in [4.78, 5) is 15.8. The zero-order chi connectivity index (χ0) is 11.4. The van der Waals surface area contributed by atoms with Gasteiger partial charge in [-0.3, -0.25) is 9.69 Å². The lowest BCUT2D eigenvalue weighted by atomic mass is 10.3. The van der Waals surface area contributed by atoms with Crippen molar-refractivity contribution in [1.29, 1.82) is 0 Å². The second kappa shape index (κ2) is 5.47. The van der Waals surface area contributed by atoms with E-state index in [0.29, 0.717) is 12.6 Å². The van der Waals surface area contributed by atoms with Gasteiger partial charge in [0, 0.05) is 26.2 Å². The molecule has 88 valence electrons. The highest BCUT2D eigenvalue weighted by atomic mass is 16.5. The Labute approximate surface area is 92.2 Å². The number of carbonyl (C=O) groups excluding carboxylic acids is 1. The van der Waals surface area contributed by atoms with Crippen molar-refractivity contribution >= 4 is 5.91 Å². The second-order valence-corrected chi connectivity index (χ2v) is 4.50. The van der Waals surface area contributed by atoms with Crippen molar-refractivity contribution < 1.29 is 9.53 Å². The number of nitrogens with zero attached hydrogens (tertiary/aromatic N) is 2. The predicted octanol–water partition coefficient (Wildman–Crippen LogP) is 0.574. The van der Waals surface area contributed by atoms with E-state index < -0.39 is 0 Å². The Morgan fingerprint density at radius 1 is 1.60 bits per heavy atom. The SMILES string of the molecule is COC1CCN(C(=O)CN(C)C(C)C)C1. The molecule has 0 bridgehead atoms. The highest BCUT2D eigenvalue weighted by Crippen LogP contribution is 2.12. The Morgan fingerprint density at radius 3 is 2.73 bits per heavy atom. The fourth-order valence-electron chi connectivity index (χ4n) is 1.64. The quantitative estimate of drug-likeness (QED) is 0.686. The third kappa shape index (κ3) is 3.47. The summed E-state index contributed by atoms with van der Waals surface area (Å²) in [6.07, 6.45) is 1.20. The van der Waals surface area contributed by atoms with Crippen LogP contribution in [0.2, 0.25) is 0 Å². The maximum absolute atomic E-state index is 11.9. The van der Waals surface area contributed by atoms with Crippen molar-refractivity contribution in [1.82, 2.24) is 9.80 Å². The smallest absolute Gasteiger partial charge is 0.236 e. The van der Waals surface area contributed by atoms with Gasteiger partial charge in [-0.2, -0.15) is 0 Å². The molecule has 4 heteroatoms. The van der Waals surface area contributed by atoms with E-state index >= 15 is 0 Å². The van der Waals surface area contributed by atoms with E-state index in [-0.39, 0.29) is 12.0 Å². The third-order valence-corrected chi connectivity index (χ3v) is 3.10. The monoisotopic (exact) mass is 214 g/mol. The fourth-order valence-corrected chi connectivity index (χ4v) is 1.64. The first-order chi connectivity index (χ1) is 7.04. The van der Waals surface area contributed by atoms with Crippen molar-refractivity contribution in [2.24, 2.45) is 0 Å². The second-order valence-electron chi connectivity index (χ2n) is 4.50. The molecule has 0 aliphatic carbocycles. The molecule has 1 aliphatic rings. The van der Waals surface area contributed by atoms with Crippen molar-refractivity contribution in [3.05, 3.63) is 0 Å². The Bertz CT molecular complexity index is 219. The summed E-state index contributed by atoms with van der Waals surface area (Å²) >= 11 is 0. The Kier molecular flexibility index (Phi) is 4.54. The van der Waals surface area contributed by atoms with E-state index in [1.165, 1.54) is 0 Å². The summed E-state index contributed by atoms with van der Waals surface area (Å²) in [6.45, 7) is 6.28. The predicted molar refractivity (Wildman–Crippen MR) is 59.8 cm³/mol. The summed E-state index contributed by atoms with van der Waals surface area (Å²) in [6, 6.07) is 0.412. The molecular weight excluding hydrogens is 192 g/mol. The number of hydrogen-bond acceptors (Lipinski definition) is 3. The molecule has 0 aromatic carbocycles. The zero-order valence-corrected chi connectivity index (χ0v) is 10.2. The van der Waals surface area contributed by atoms with E-state index in [9.17, 15) is 4.79 Å². The van der Waals surface area contributed by atoms with Crippen molar-refractivity contribution in [3.8, 4) is 0 Å². The average Bonchev–Trinajstić information content (AvgIpc) is 2.65. The fraction of sp³-hybridized carbons (Fsp3) is 0.909. The minimum Gasteiger partial charge on any atom is -0.380 e. The van der Waals surface area contributed by atoms with E-state index in [1.807, 2.05) is 11.9 Å². The van der Waals surface area contributed by atoms with Crippen LogP contribution in [0.25, 0.3) is 0 Å². The molecule has 1 rings (SSSR count). The summed E-state index contributed by atoms with van der Waals surface area (Å²) in [5.41, 5.74) is 0. The van der Waals surface area contributed by atoms with Gasteiger partial charge >= 0.3 is 0 Å².